The smallest absolute Gasteiger partial charge is 0.490 e. The van der Waals surface area contributed by atoms with Crippen LogP contribution in [0.5, 0.6) is 0 Å². The zero-order valence-electron chi connectivity index (χ0n) is 42.9. The first-order chi connectivity index (χ1) is 39.5. The predicted molar refractivity (Wildman–Crippen MR) is 275 cm³/mol. The number of H-pyrrole nitrogens is 2. The number of fused-ring (bicyclic) bond motifs is 3. The van der Waals surface area contributed by atoms with Crippen LogP contribution in [0.15, 0.2) is 70.1 Å². The Balaban J connectivity index is 0.839. The second-order valence-corrected chi connectivity index (χ2v) is 27.1. The summed E-state index contributed by atoms with van der Waals surface area (Å²) < 4.78 is 135. The Morgan fingerprint density at radius 3 is 1.95 bits per heavy atom. The van der Waals surface area contributed by atoms with Gasteiger partial charge in [0.2, 0.25) is 34.5 Å². The number of hydrogen-bond acceptors (Lipinski definition) is 30. The third kappa shape index (κ3) is 12.1. The van der Waals surface area contributed by atoms with E-state index in [9.17, 15) is 71.2 Å². The van der Waals surface area contributed by atoms with E-state index in [0.717, 1.165) is 39.8 Å². The van der Waals surface area contributed by atoms with Crippen molar-refractivity contribution in [2.75, 3.05) is 50.7 Å². The number of aromatic nitrogens is 12. The molecule has 10 rings (SSSR count). The van der Waals surface area contributed by atoms with Gasteiger partial charge in [0.15, 0.2) is 35.1 Å². The lowest BCUT2D eigenvalue weighted by Gasteiger charge is -2.35. The number of aliphatic hydroxyl groups excluding tert-OH is 3. The van der Waals surface area contributed by atoms with Crippen LogP contribution < -0.4 is 42.5 Å². The number of nitrogen functional groups attached to an aromatic ring is 3. The minimum Gasteiger partial charge on any atom is -0.778 e. The quantitative estimate of drug-likeness (QED) is 0.0227. The SMILES string of the molecule is CO[C@@H]1[C@H](P(=O)([O-])OC[C@H]2O[C@@H](n3cnc4c(=O)[nH]c(N)nc43)[C@H](O)[C@@H]2O)[C@@H](COP(=O)(O)OP(=O)(O)OP(=O)(O)OC[C@H]2O[C@@H](n3c[n+](C)c4c(=O)[nH]c(N)nc43)[C@H](O)[C@@H]2CNS(=O)(=O)c2ccccc2)O[C@H]1n1cnc2c(N)ncnc21. The summed E-state index contributed by atoms with van der Waals surface area (Å²) in [6.07, 6.45) is -12.7. The Morgan fingerprint density at radius 2 is 1.29 bits per heavy atom. The summed E-state index contributed by atoms with van der Waals surface area (Å²) in [6.45, 7) is -4.25. The molecule has 456 valence electrons. The Bertz CT molecular complexity index is 4080. The molecule has 0 spiro atoms. The molecule has 0 aliphatic carbocycles. The Labute approximate surface area is 468 Å². The van der Waals surface area contributed by atoms with Crippen molar-refractivity contribution in [1.82, 2.24) is 58.3 Å². The molecular formula is C39H50N16O24P4S. The van der Waals surface area contributed by atoms with E-state index in [2.05, 4.69) is 53.2 Å². The van der Waals surface area contributed by atoms with E-state index in [1.165, 1.54) is 42.2 Å². The van der Waals surface area contributed by atoms with Crippen molar-refractivity contribution >= 4 is 92.3 Å². The van der Waals surface area contributed by atoms with Crippen LogP contribution in [0.1, 0.15) is 18.7 Å². The van der Waals surface area contributed by atoms with Gasteiger partial charge in [-0.25, -0.2) is 51.3 Å². The molecule has 0 bridgehead atoms. The molecule has 15 N–H and O–H groups in total. The maximum absolute atomic E-state index is 14.4. The van der Waals surface area contributed by atoms with Gasteiger partial charge in [-0.15, -0.1) is 0 Å². The maximum atomic E-state index is 14.4. The number of benzene rings is 1. The fourth-order valence-corrected chi connectivity index (χ4v) is 16.0. The van der Waals surface area contributed by atoms with Gasteiger partial charge in [-0.2, -0.15) is 23.2 Å². The molecule has 3 fully saturated rings. The molecule has 6 aromatic heterocycles. The minimum absolute atomic E-state index is 0.00506. The number of phosphoric acid groups is 3. The second-order valence-electron chi connectivity index (χ2n) is 18.8. The van der Waals surface area contributed by atoms with Gasteiger partial charge in [0, 0.05) is 19.6 Å². The third-order valence-corrected chi connectivity index (χ3v) is 21.0. The Hall–Kier alpha value is -5.94. The highest BCUT2D eigenvalue weighted by Crippen LogP contribution is 2.68. The second kappa shape index (κ2) is 23.1. The van der Waals surface area contributed by atoms with E-state index in [-0.39, 0.29) is 56.1 Å². The lowest BCUT2D eigenvalue weighted by atomic mass is 9.98. The number of ether oxygens (including phenoxy) is 4. The summed E-state index contributed by atoms with van der Waals surface area (Å²) in [4.78, 5) is 100. The van der Waals surface area contributed by atoms with Crippen LogP contribution in [-0.2, 0) is 76.5 Å². The molecule has 3 aliphatic heterocycles. The monoisotopic (exact) mass is 1280 g/mol. The summed E-state index contributed by atoms with van der Waals surface area (Å²) in [5.41, 5.74) is 13.2. The molecule has 7 aromatic rings. The molecule has 16 atom stereocenters. The molecular weight excluding hydrogens is 1230 g/mol. The number of anilines is 3. The van der Waals surface area contributed by atoms with E-state index >= 15 is 0 Å². The largest absolute Gasteiger partial charge is 0.778 e. The Morgan fingerprint density at radius 1 is 0.714 bits per heavy atom. The fraction of sp³-hybridized carbons (Fsp3) is 0.462. The van der Waals surface area contributed by atoms with E-state index in [4.69, 9.17) is 49.7 Å². The molecule has 3 saturated heterocycles. The van der Waals surface area contributed by atoms with Gasteiger partial charge in [0.05, 0.1) is 62.3 Å². The molecule has 0 radical (unpaired) electrons. The van der Waals surface area contributed by atoms with Crippen LogP contribution in [0.3, 0.4) is 0 Å². The van der Waals surface area contributed by atoms with Crippen molar-refractivity contribution in [2.24, 2.45) is 13.0 Å². The topological polar surface area (TPSA) is 582 Å². The molecule has 45 heteroatoms. The van der Waals surface area contributed by atoms with E-state index in [1.54, 1.807) is 6.07 Å². The number of sulfonamides is 1. The number of hydrogen-bond donors (Lipinski definition) is 12. The van der Waals surface area contributed by atoms with Crippen LogP contribution in [0.4, 0.5) is 17.7 Å². The number of nitrogens with two attached hydrogens (primary N) is 3. The Kier molecular flexibility index (Phi) is 16.8. The summed E-state index contributed by atoms with van der Waals surface area (Å²) in [5.74, 6) is -2.21. The van der Waals surface area contributed by atoms with Gasteiger partial charge in [-0.3, -0.25) is 37.7 Å². The molecule has 40 nitrogen and oxygen atoms in total. The minimum atomic E-state index is -6.33. The van der Waals surface area contributed by atoms with Crippen molar-refractivity contribution in [3.8, 4) is 0 Å². The van der Waals surface area contributed by atoms with E-state index in [0.29, 0.717) is 0 Å². The summed E-state index contributed by atoms with van der Waals surface area (Å²) in [7, 11) is -25.8. The lowest BCUT2D eigenvalue weighted by molar-refractivity contribution is -0.646. The van der Waals surface area contributed by atoms with Crippen LogP contribution in [0.25, 0.3) is 33.5 Å². The molecule has 1 aromatic carbocycles. The number of phosphoric ester groups is 2. The number of aryl methyl sites for hydroxylation is 1. The number of imidazole rings is 3. The van der Waals surface area contributed by atoms with Gasteiger partial charge in [-0.1, -0.05) is 18.2 Å². The van der Waals surface area contributed by atoms with Gasteiger partial charge in [-0.05, 0) is 12.1 Å². The first-order valence-electron chi connectivity index (χ1n) is 24.1. The zero-order valence-corrected chi connectivity index (χ0v) is 47.3. The first kappa shape index (κ1) is 61.2. The highest BCUT2D eigenvalue weighted by Gasteiger charge is 2.55. The zero-order chi connectivity index (χ0) is 60.6. The third-order valence-electron chi connectivity index (χ3n) is 13.5. The summed E-state index contributed by atoms with van der Waals surface area (Å²) in [6, 6.07) is 6.95. The van der Waals surface area contributed by atoms with Crippen molar-refractivity contribution < 1.29 is 107 Å². The van der Waals surface area contributed by atoms with Crippen molar-refractivity contribution in [3.05, 3.63) is 76.3 Å². The van der Waals surface area contributed by atoms with Crippen LogP contribution in [0.2, 0.25) is 0 Å². The van der Waals surface area contributed by atoms with Crippen LogP contribution in [0, 0.1) is 5.92 Å². The summed E-state index contributed by atoms with van der Waals surface area (Å²) >= 11 is 0. The highest BCUT2D eigenvalue weighted by atomic mass is 32.2. The van der Waals surface area contributed by atoms with E-state index in [1.807, 2.05) is 0 Å². The average Bonchev–Trinajstić information content (AvgIpc) is 2.24. The number of nitrogens with one attached hydrogen (secondary N) is 3. The van der Waals surface area contributed by atoms with Crippen LogP contribution >= 0.6 is 31.1 Å². The molecule has 4 unspecified atom stereocenters. The normalized spacial score (nSPS) is 28.6. The van der Waals surface area contributed by atoms with Gasteiger partial charge < -0.3 is 80.1 Å². The molecule has 0 amide bonds. The number of methoxy groups -OCH3 is 1. The average molecular weight is 1280 g/mol. The van der Waals surface area contributed by atoms with Gasteiger partial charge in [0.1, 0.15) is 50.0 Å². The standard InChI is InChI=1S/C39H50N16O24P4S/c1-52-15-55(32-23(52)34(60)51-39(42)49-32)35-24(56)17(8-47-84(69,70)16-6-4-3-5-7-16)18(75-35)9-73-81(63,64)78-83(67,68)79-82(65,66)74-11-20-28(27(71-2)37(77-20)53-13-45-21-29(40)43-12-44-30(21)53)80(61,62)72-10-19-25(57)26(58)36(76-19)54-14-46-22-31(54)48-38(41)50-33(22)59/h3-7,12-15,17-20,24-28,35-37,47,56-58H,8-11H2,1-2H3,(H11-,40,41,42,43,44,48,49,50,51,59,60,61,62,63,64,65,66,67,68)/t17-,18-,19-,20-,24-,25-,26-,27-,28-,35-,36-,37-/m1/s1. The number of rotatable bonds is 22. The fourth-order valence-electron chi connectivity index (χ4n) is 9.70. The molecule has 9 heterocycles. The van der Waals surface area contributed by atoms with Gasteiger partial charge >= 0.3 is 29.0 Å². The number of aromatic amines is 2. The predicted octanol–water partition coefficient (Wildman–Crippen LogP) is -4.04. The lowest BCUT2D eigenvalue weighted by Crippen LogP contribution is -2.40. The van der Waals surface area contributed by atoms with Crippen molar-refractivity contribution in [1.29, 1.82) is 0 Å². The highest BCUT2D eigenvalue weighted by molar-refractivity contribution is 7.89. The van der Waals surface area contributed by atoms with Crippen molar-refractivity contribution in [3.63, 3.8) is 0 Å². The van der Waals surface area contributed by atoms with Crippen molar-refractivity contribution in [2.45, 2.75) is 72.0 Å². The van der Waals surface area contributed by atoms with E-state index < -0.39 is 152 Å². The van der Waals surface area contributed by atoms with Crippen LogP contribution in [-0.4, -0.2) is 174 Å². The molecule has 84 heavy (non-hydrogen) atoms. The van der Waals surface area contributed by atoms with Gasteiger partial charge in [0.25, 0.3) is 16.7 Å². The molecule has 3 aliphatic rings. The first-order valence-corrected chi connectivity index (χ1v) is 31.7. The number of nitrogens with zero attached hydrogens (tertiary/aromatic N) is 10. The molecule has 0 saturated carbocycles. The summed E-state index contributed by atoms with van der Waals surface area (Å²) in [5, 5.41) is 33.7. The number of aliphatic hydroxyl groups is 3. The maximum Gasteiger partial charge on any atom is 0.490 e.